The van der Waals surface area contributed by atoms with Crippen molar-refractivity contribution in [2.24, 2.45) is 0 Å². The van der Waals surface area contributed by atoms with Crippen LogP contribution in [-0.2, 0) is 4.74 Å². The third kappa shape index (κ3) is 3.28. The summed E-state index contributed by atoms with van der Waals surface area (Å²) >= 11 is 0. The van der Waals surface area contributed by atoms with E-state index in [0.717, 1.165) is 58.6 Å². The van der Waals surface area contributed by atoms with Gasteiger partial charge < -0.3 is 14.4 Å². The summed E-state index contributed by atoms with van der Waals surface area (Å²) in [4.78, 5) is 16.5. The smallest absolute Gasteiger partial charge is 0.227 e. The Kier molecular flexibility index (Phi) is 5.21. The van der Waals surface area contributed by atoms with Gasteiger partial charge in [-0.05, 0) is 68.0 Å². The van der Waals surface area contributed by atoms with Crippen molar-refractivity contribution < 1.29 is 9.47 Å². The number of rotatable bonds is 4. The fraction of sp³-hybridized carbons (Fsp3) is 0.400. The summed E-state index contributed by atoms with van der Waals surface area (Å²) < 4.78 is 13.4. The minimum Gasteiger partial charge on any atom is -0.496 e. The number of methoxy groups -OCH3 is 1. The number of likely N-dealkylation sites (N-methyl/N-ethyl adjacent to an activating group) is 1. The second kappa shape index (κ2) is 8.06. The number of ether oxygens (including phenoxy) is 2. The van der Waals surface area contributed by atoms with E-state index in [1.54, 1.807) is 7.11 Å². The molecule has 0 radical (unpaired) electrons. The van der Waals surface area contributed by atoms with Gasteiger partial charge in [0, 0.05) is 43.2 Å². The molecule has 32 heavy (non-hydrogen) atoms. The van der Waals surface area contributed by atoms with Gasteiger partial charge in [-0.2, -0.15) is 4.98 Å². The van der Waals surface area contributed by atoms with Crippen LogP contribution in [0.15, 0.2) is 30.7 Å². The van der Waals surface area contributed by atoms with Crippen molar-refractivity contribution in [3.63, 3.8) is 0 Å². The van der Waals surface area contributed by atoms with E-state index in [2.05, 4.69) is 42.2 Å². The fourth-order valence-electron chi connectivity index (χ4n) is 4.74. The maximum absolute atomic E-state index is 5.66. The molecule has 5 rings (SSSR count). The predicted molar refractivity (Wildman–Crippen MR) is 127 cm³/mol. The molecule has 0 unspecified atom stereocenters. The minimum absolute atomic E-state index is 0.295. The van der Waals surface area contributed by atoms with Crippen molar-refractivity contribution in [1.29, 1.82) is 0 Å². The molecule has 166 valence electrons. The van der Waals surface area contributed by atoms with Crippen LogP contribution < -0.4 is 9.64 Å². The highest BCUT2D eigenvalue weighted by molar-refractivity contribution is 5.92. The van der Waals surface area contributed by atoms with E-state index in [0.29, 0.717) is 18.6 Å². The first-order valence-electron chi connectivity index (χ1n) is 11.1. The molecule has 0 saturated carbocycles. The number of aromatic nitrogens is 4. The van der Waals surface area contributed by atoms with Crippen molar-refractivity contribution >= 4 is 22.6 Å². The average molecular weight is 432 g/mol. The van der Waals surface area contributed by atoms with Crippen LogP contribution in [0.5, 0.6) is 5.75 Å². The van der Waals surface area contributed by atoms with Gasteiger partial charge in [-0.1, -0.05) is 0 Å². The number of fused-ring (bicyclic) bond motifs is 3. The van der Waals surface area contributed by atoms with Gasteiger partial charge in [-0.25, -0.2) is 9.97 Å². The highest BCUT2D eigenvalue weighted by atomic mass is 16.5. The number of aryl methyl sites for hydroxylation is 1. The van der Waals surface area contributed by atoms with E-state index in [-0.39, 0.29) is 0 Å². The molecule has 1 aliphatic rings. The molecule has 4 aromatic rings. The topological polar surface area (TPSA) is 64.8 Å². The lowest BCUT2D eigenvalue weighted by molar-refractivity contribution is 0.0803. The third-order valence-electron chi connectivity index (χ3n) is 6.74. The van der Waals surface area contributed by atoms with E-state index < -0.39 is 0 Å². The zero-order chi connectivity index (χ0) is 22.4. The first kappa shape index (κ1) is 20.7. The van der Waals surface area contributed by atoms with Gasteiger partial charge in [-0.3, -0.25) is 4.40 Å². The maximum atomic E-state index is 5.66. The zero-order valence-corrected chi connectivity index (χ0v) is 19.3. The Morgan fingerprint density at radius 3 is 2.72 bits per heavy atom. The number of benzene rings is 1. The quantitative estimate of drug-likeness (QED) is 0.474. The second-order valence-electron chi connectivity index (χ2n) is 8.63. The van der Waals surface area contributed by atoms with E-state index in [1.807, 2.05) is 25.6 Å². The van der Waals surface area contributed by atoms with Crippen molar-refractivity contribution in [3.05, 3.63) is 47.4 Å². The van der Waals surface area contributed by atoms with Crippen molar-refractivity contribution in [2.75, 3.05) is 32.3 Å². The Morgan fingerprint density at radius 1 is 1.12 bits per heavy atom. The predicted octanol–water partition coefficient (Wildman–Crippen LogP) is 4.49. The highest BCUT2D eigenvalue weighted by Crippen LogP contribution is 2.38. The van der Waals surface area contributed by atoms with E-state index in [4.69, 9.17) is 24.4 Å². The Hall–Kier alpha value is -3.19. The summed E-state index contributed by atoms with van der Waals surface area (Å²) in [5, 5.41) is 0.974. The molecular weight excluding hydrogens is 402 g/mol. The van der Waals surface area contributed by atoms with E-state index in [1.165, 1.54) is 11.1 Å². The van der Waals surface area contributed by atoms with Gasteiger partial charge in [0.15, 0.2) is 5.65 Å². The lowest BCUT2D eigenvalue weighted by Crippen LogP contribution is -2.39. The van der Waals surface area contributed by atoms with Crippen LogP contribution in [0.2, 0.25) is 0 Å². The molecule has 1 saturated heterocycles. The van der Waals surface area contributed by atoms with E-state index in [9.17, 15) is 0 Å². The molecule has 0 aliphatic carbocycles. The van der Waals surface area contributed by atoms with Crippen LogP contribution in [0.25, 0.3) is 27.8 Å². The van der Waals surface area contributed by atoms with Gasteiger partial charge in [0.1, 0.15) is 11.4 Å². The molecule has 3 aromatic heterocycles. The summed E-state index contributed by atoms with van der Waals surface area (Å²) in [6, 6.07) is 4.54. The maximum Gasteiger partial charge on any atom is 0.227 e. The van der Waals surface area contributed by atoms with Crippen LogP contribution >= 0.6 is 0 Å². The third-order valence-corrected chi connectivity index (χ3v) is 6.74. The van der Waals surface area contributed by atoms with Crippen LogP contribution in [0, 0.1) is 20.8 Å². The molecule has 1 aliphatic heterocycles. The van der Waals surface area contributed by atoms with Gasteiger partial charge in [0.05, 0.1) is 19.8 Å². The van der Waals surface area contributed by atoms with Gasteiger partial charge in [-0.15, -0.1) is 0 Å². The molecule has 7 heteroatoms. The first-order valence-corrected chi connectivity index (χ1v) is 11.1. The summed E-state index contributed by atoms with van der Waals surface area (Å²) in [6.45, 7) is 7.92. The standard InChI is InChI=1S/C25H29N5O2/c1-15-11-21(31-5)17(3)22(16(15)2)20-12-18-13-27-25(29(4)19-7-6-10-32-14-19)28-23(18)30-9-8-26-24(20)30/h8-9,11-13,19H,6-7,10,14H2,1-5H3/t19-/m0/s1. The Morgan fingerprint density at radius 2 is 1.97 bits per heavy atom. The highest BCUT2D eigenvalue weighted by Gasteiger charge is 2.22. The first-order chi connectivity index (χ1) is 15.5. The van der Waals surface area contributed by atoms with Crippen LogP contribution in [0.4, 0.5) is 5.95 Å². The van der Waals surface area contributed by atoms with E-state index >= 15 is 0 Å². The number of imidazole rings is 1. The largest absolute Gasteiger partial charge is 0.496 e. The molecule has 7 nitrogen and oxygen atoms in total. The molecular formula is C25H29N5O2. The summed E-state index contributed by atoms with van der Waals surface area (Å²) in [5.41, 5.74) is 7.46. The normalized spacial score (nSPS) is 16.6. The average Bonchev–Trinajstić information content (AvgIpc) is 3.32. The number of hydrogen-bond donors (Lipinski definition) is 0. The Labute approximate surface area is 188 Å². The molecule has 1 aromatic carbocycles. The fourth-order valence-corrected chi connectivity index (χ4v) is 4.74. The molecule has 0 bridgehead atoms. The Bertz CT molecular complexity index is 1310. The van der Waals surface area contributed by atoms with Crippen LogP contribution in [-0.4, -0.2) is 52.8 Å². The number of pyridine rings is 1. The minimum atomic E-state index is 0.295. The van der Waals surface area contributed by atoms with Crippen LogP contribution in [0.3, 0.4) is 0 Å². The SMILES string of the molecule is COc1cc(C)c(C)c(-c2cc3cnc(N(C)[C@H]4CCCOC4)nc3n3ccnc23)c1C. The lowest BCUT2D eigenvalue weighted by atomic mass is 9.92. The Balaban J connectivity index is 1.69. The van der Waals surface area contributed by atoms with Crippen LogP contribution in [0.1, 0.15) is 29.5 Å². The number of anilines is 1. The summed E-state index contributed by atoms with van der Waals surface area (Å²) in [5.74, 6) is 1.59. The molecule has 1 fully saturated rings. The lowest BCUT2D eigenvalue weighted by Gasteiger charge is -2.31. The molecule has 4 heterocycles. The monoisotopic (exact) mass is 431 g/mol. The molecule has 0 amide bonds. The molecule has 0 N–H and O–H groups in total. The van der Waals surface area contributed by atoms with Gasteiger partial charge in [0.2, 0.25) is 5.95 Å². The zero-order valence-electron chi connectivity index (χ0n) is 19.3. The summed E-state index contributed by atoms with van der Waals surface area (Å²) in [7, 11) is 3.77. The number of nitrogens with zero attached hydrogens (tertiary/aromatic N) is 5. The van der Waals surface area contributed by atoms with Crippen molar-refractivity contribution in [2.45, 2.75) is 39.7 Å². The van der Waals surface area contributed by atoms with Crippen molar-refractivity contribution in [3.8, 4) is 16.9 Å². The second-order valence-corrected chi connectivity index (χ2v) is 8.63. The van der Waals surface area contributed by atoms with Gasteiger partial charge >= 0.3 is 0 Å². The summed E-state index contributed by atoms with van der Waals surface area (Å²) in [6.07, 6.45) is 7.87. The van der Waals surface area contributed by atoms with Gasteiger partial charge in [0.25, 0.3) is 0 Å². The molecule has 1 atom stereocenters. The number of hydrogen-bond acceptors (Lipinski definition) is 6. The molecule has 0 spiro atoms. The van der Waals surface area contributed by atoms with Crippen molar-refractivity contribution in [1.82, 2.24) is 19.4 Å².